The van der Waals surface area contributed by atoms with Crippen molar-refractivity contribution in [2.24, 2.45) is 5.41 Å². The van der Waals surface area contributed by atoms with Gasteiger partial charge in [-0.05, 0) is 31.4 Å². The van der Waals surface area contributed by atoms with Crippen LogP contribution in [0, 0.1) is 5.41 Å². The highest BCUT2D eigenvalue weighted by molar-refractivity contribution is 6.02. The van der Waals surface area contributed by atoms with E-state index in [1.54, 1.807) is 7.11 Å². The SMILES string of the molecule is CCC1(C(=O)c2ccccc2OCCOC)CCCC1. The second-order valence-corrected chi connectivity index (χ2v) is 5.51. The van der Waals surface area contributed by atoms with Gasteiger partial charge in [0.25, 0.3) is 0 Å². The summed E-state index contributed by atoms with van der Waals surface area (Å²) in [7, 11) is 1.64. The highest BCUT2D eigenvalue weighted by Crippen LogP contribution is 2.44. The Balaban J connectivity index is 2.20. The van der Waals surface area contributed by atoms with Crippen LogP contribution >= 0.6 is 0 Å². The number of carbonyl (C=O) groups is 1. The van der Waals surface area contributed by atoms with Crippen LogP contribution in [-0.4, -0.2) is 26.1 Å². The van der Waals surface area contributed by atoms with Crippen LogP contribution in [0.2, 0.25) is 0 Å². The predicted molar refractivity (Wildman–Crippen MR) is 79.3 cm³/mol. The second-order valence-electron chi connectivity index (χ2n) is 5.51. The molecular weight excluding hydrogens is 252 g/mol. The Hall–Kier alpha value is -1.35. The monoisotopic (exact) mass is 276 g/mol. The first-order valence-corrected chi connectivity index (χ1v) is 7.49. The van der Waals surface area contributed by atoms with Crippen molar-refractivity contribution in [3.8, 4) is 5.75 Å². The van der Waals surface area contributed by atoms with Gasteiger partial charge in [-0.25, -0.2) is 0 Å². The lowest BCUT2D eigenvalue weighted by Gasteiger charge is -2.26. The van der Waals surface area contributed by atoms with Crippen molar-refractivity contribution in [2.75, 3.05) is 20.3 Å². The molecule has 0 amide bonds. The minimum Gasteiger partial charge on any atom is -0.490 e. The van der Waals surface area contributed by atoms with E-state index in [9.17, 15) is 4.79 Å². The molecular formula is C17H24O3. The molecule has 1 fully saturated rings. The standard InChI is InChI=1S/C17H24O3/c1-3-17(10-6-7-11-17)16(18)14-8-4-5-9-15(14)20-13-12-19-2/h4-5,8-9H,3,6-7,10-13H2,1-2H3. The summed E-state index contributed by atoms with van der Waals surface area (Å²) in [6, 6.07) is 7.59. The fraction of sp³-hybridized carbons (Fsp3) is 0.588. The van der Waals surface area contributed by atoms with E-state index in [-0.39, 0.29) is 11.2 Å². The molecule has 1 aromatic rings. The Morgan fingerprint density at radius 2 is 1.90 bits per heavy atom. The van der Waals surface area contributed by atoms with Crippen molar-refractivity contribution in [2.45, 2.75) is 39.0 Å². The molecule has 0 aromatic heterocycles. The van der Waals surface area contributed by atoms with E-state index in [2.05, 4.69) is 6.92 Å². The lowest BCUT2D eigenvalue weighted by atomic mass is 9.76. The molecule has 2 rings (SSSR count). The van der Waals surface area contributed by atoms with Gasteiger partial charge in [-0.1, -0.05) is 31.9 Å². The minimum atomic E-state index is -0.166. The van der Waals surface area contributed by atoms with Gasteiger partial charge in [-0.3, -0.25) is 4.79 Å². The van der Waals surface area contributed by atoms with E-state index in [1.807, 2.05) is 24.3 Å². The zero-order valence-electron chi connectivity index (χ0n) is 12.5. The summed E-state index contributed by atoms with van der Waals surface area (Å²) >= 11 is 0. The summed E-state index contributed by atoms with van der Waals surface area (Å²) in [6.45, 7) is 3.12. The van der Waals surface area contributed by atoms with Crippen LogP contribution in [0.3, 0.4) is 0 Å². The molecule has 1 saturated carbocycles. The van der Waals surface area contributed by atoms with Crippen molar-refractivity contribution >= 4 is 5.78 Å². The Kier molecular flexibility index (Phi) is 5.18. The maximum absolute atomic E-state index is 12.9. The quantitative estimate of drug-likeness (QED) is 0.560. The van der Waals surface area contributed by atoms with E-state index < -0.39 is 0 Å². The molecule has 0 aliphatic heterocycles. The van der Waals surface area contributed by atoms with Crippen molar-refractivity contribution in [1.29, 1.82) is 0 Å². The molecule has 0 spiro atoms. The number of Topliss-reactive ketones (excluding diaryl/α,β-unsaturated/α-hetero) is 1. The zero-order chi connectivity index (χ0) is 14.4. The molecule has 1 aromatic carbocycles. The average Bonchev–Trinajstić information content (AvgIpc) is 2.97. The first-order chi connectivity index (χ1) is 9.73. The molecule has 0 N–H and O–H groups in total. The van der Waals surface area contributed by atoms with Crippen LogP contribution in [-0.2, 0) is 4.74 Å². The highest BCUT2D eigenvalue weighted by atomic mass is 16.5. The van der Waals surface area contributed by atoms with E-state index in [1.165, 1.54) is 0 Å². The van der Waals surface area contributed by atoms with Gasteiger partial charge in [-0.2, -0.15) is 0 Å². The molecule has 0 unspecified atom stereocenters. The summed E-state index contributed by atoms with van der Waals surface area (Å²) in [5.41, 5.74) is 0.563. The minimum absolute atomic E-state index is 0.166. The third-order valence-electron chi connectivity index (χ3n) is 4.40. The van der Waals surface area contributed by atoms with Gasteiger partial charge >= 0.3 is 0 Å². The summed E-state index contributed by atoms with van der Waals surface area (Å²) in [6.07, 6.45) is 5.25. The smallest absolute Gasteiger partial charge is 0.172 e. The maximum Gasteiger partial charge on any atom is 0.172 e. The molecule has 0 atom stereocenters. The maximum atomic E-state index is 12.9. The van der Waals surface area contributed by atoms with Crippen molar-refractivity contribution in [3.05, 3.63) is 29.8 Å². The predicted octanol–water partition coefficient (Wildman–Crippen LogP) is 3.86. The Morgan fingerprint density at radius 3 is 2.55 bits per heavy atom. The number of benzene rings is 1. The van der Waals surface area contributed by atoms with Crippen LogP contribution in [0.4, 0.5) is 0 Å². The zero-order valence-corrected chi connectivity index (χ0v) is 12.5. The van der Waals surface area contributed by atoms with E-state index >= 15 is 0 Å². The van der Waals surface area contributed by atoms with Crippen LogP contribution in [0.1, 0.15) is 49.4 Å². The molecule has 3 nitrogen and oxygen atoms in total. The fourth-order valence-electron chi connectivity index (χ4n) is 3.09. The summed E-state index contributed by atoms with van der Waals surface area (Å²) in [5, 5.41) is 0. The lowest BCUT2D eigenvalue weighted by Crippen LogP contribution is -2.28. The number of carbonyl (C=O) groups excluding carboxylic acids is 1. The van der Waals surface area contributed by atoms with Crippen LogP contribution in [0.15, 0.2) is 24.3 Å². The van der Waals surface area contributed by atoms with Crippen LogP contribution in [0.5, 0.6) is 5.75 Å². The van der Waals surface area contributed by atoms with Crippen LogP contribution in [0.25, 0.3) is 0 Å². The largest absolute Gasteiger partial charge is 0.490 e. The van der Waals surface area contributed by atoms with Gasteiger partial charge in [0.1, 0.15) is 12.4 Å². The lowest BCUT2D eigenvalue weighted by molar-refractivity contribution is 0.0784. The highest BCUT2D eigenvalue weighted by Gasteiger charge is 2.40. The number of ether oxygens (including phenoxy) is 2. The first kappa shape index (κ1) is 15.0. The Labute approximate surface area is 121 Å². The molecule has 3 heteroatoms. The molecule has 1 aliphatic rings. The summed E-state index contributed by atoms with van der Waals surface area (Å²) in [5.74, 6) is 0.944. The molecule has 0 saturated heterocycles. The number of hydrogen-bond donors (Lipinski definition) is 0. The first-order valence-electron chi connectivity index (χ1n) is 7.49. The third-order valence-corrected chi connectivity index (χ3v) is 4.40. The van der Waals surface area contributed by atoms with Crippen molar-refractivity contribution in [3.63, 3.8) is 0 Å². The summed E-state index contributed by atoms with van der Waals surface area (Å²) < 4.78 is 10.7. The molecule has 1 aliphatic carbocycles. The van der Waals surface area contributed by atoms with E-state index in [0.29, 0.717) is 19.0 Å². The molecule has 110 valence electrons. The molecule has 0 heterocycles. The second kappa shape index (κ2) is 6.89. The Morgan fingerprint density at radius 1 is 1.20 bits per heavy atom. The van der Waals surface area contributed by atoms with Crippen molar-refractivity contribution < 1.29 is 14.3 Å². The fourth-order valence-corrected chi connectivity index (χ4v) is 3.09. The average molecular weight is 276 g/mol. The van der Waals surface area contributed by atoms with Crippen molar-refractivity contribution in [1.82, 2.24) is 0 Å². The summed E-state index contributed by atoms with van der Waals surface area (Å²) in [4.78, 5) is 12.9. The van der Waals surface area contributed by atoms with E-state index in [0.717, 1.165) is 37.7 Å². The topological polar surface area (TPSA) is 35.5 Å². The van der Waals surface area contributed by atoms with Gasteiger partial charge in [0.05, 0.1) is 12.2 Å². The van der Waals surface area contributed by atoms with Gasteiger partial charge < -0.3 is 9.47 Å². The van der Waals surface area contributed by atoms with Gasteiger partial charge in [0.15, 0.2) is 5.78 Å². The number of para-hydroxylation sites is 1. The van der Waals surface area contributed by atoms with Gasteiger partial charge in [0, 0.05) is 12.5 Å². The molecule has 0 bridgehead atoms. The van der Waals surface area contributed by atoms with Gasteiger partial charge in [0.2, 0.25) is 0 Å². The normalized spacial score (nSPS) is 17.1. The Bertz CT molecular complexity index is 447. The molecule has 20 heavy (non-hydrogen) atoms. The number of ketones is 1. The number of rotatable bonds is 7. The van der Waals surface area contributed by atoms with Crippen LogP contribution < -0.4 is 4.74 Å². The van der Waals surface area contributed by atoms with E-state index in [4.69, 9.17) is 9.47 Å². The molecule has 0 radical (unpaired) electrons. The number of methoxy groups -OCH3 is 1. The third kappa shape index (κ3) is 3.04. The van der Waals surface area contributed by atoms with Gasteiger partial charge in [-0.15, -0.1) is 0 Å². The number of hydrogen-bond acceptors (Lipinski definition) is 3.